The first-order chi connectivity index (χ1) is 8.68. The average Bonchev–Trinajstić information content (AvgIpc) is 2.79. The Morgan fingerprint density at radius 1 is 1.33 bits per heavy atom. The highest BCUT2D eigenvalue weighted by atomic mass is 16.2. The van der Waals surface area contributed by atoms with Crippen molar-refractivity contribution in [2.45, 2.75) is 13.5 Å². The van der Waals surface area contributed by atoms with E-state index in [1.807, 2.05) is 41.1 Å². The van der Waals surface area contributed by atoms with Crippen molar-refractivity contribution in [2.75, 3.05) is 17.0 Å². The Bertz CT molecular complexity index is 605. The van der Waals surface area contributed by atoms with Gasteiger partial charge in [-0.2, -0.15) is 0 Å². The molecule has 92 valence electrons. The molecule has 0 aliphatic carbocycles. The second-order valence-corrected chi connectivity index (χ2v) is 4.34. The van der Waals surface area contributed by atoms with Crippen LogP contribution in [-0.2, 0) is 11.3 Å². The predicted octanol–water partition coefficient (Wildman–Crippen LogP) is 1.65. The van der Waals surface area contributed by atoms with Crippen molar-refractivity contribution in [1.29, 1.82) is 0 Å². The Labute approximate surface area is 105 Å². The largest absolute Gasteiger partial charge is 0.303 e. The Hall–Kier alpha value is -2.30. The van der Waals surface area contributed by atoms with Crippen LogP contribution in [0.1, 0.15) is 12.6 Å². The van der Waals surface area contributed by atoms with E-state index < -0.39 is 0 Å². The molecule has 0 radical (unpaired) electrons. The third-order valence-corrected chi connectivity index (χ3v) is 3.25. The molecular formula is C13H14N4O. The van der Waals surface area contributed by atoms with Crippen molar-refractivity contribution in [3.05, 3.63) is 42.5 Å². The van der Waals surface area contributed by atoms with E-state index in [1.165, 1.54) is 0 Å². The molecule has 0 N–H and O–H groups in total. The molecule has 0 saturated carbocycles. The number of carbonyl (C=O) groups is 1. The van der Waals surface area contributed by atoms with Crippen LogP contribution in [-0.4, -0.2) is 22.6 Å². The van der Waals surface area contributed by atoms with Gasteiger partial charge in [-0.3, -0.25) is 19.5 Å². The summed E-state index contributed by atoms with van der Waals surface area (Å²) in [6, 6.07) is 5.92. The molecule has 0 spiro atoms. The normalized spacial score (nSPS) is 13.9. The van der Waals surface area contributed by atoms with Gasteiger partial charge in [0.25, 0.3) is 0 Å². The average molecular weight is 242 g/mol. The lowest BCUT2D eigenvalue weighted by Gasteiger charge is -2.23. The number of hydrogen-bond donors (Lipinski definition) is 0. The fraction of sp³-hybridized carbons (Fsp3) is 0.231. The van der Waals surface area contributed by atoms with E-state index in [4.69, 9.17) is 0 Å². The number of anilines is 2. The molecule has 0 fully saturated rings. The summed E-state index contributed by atoms with van der Waals surface area (Å²) in [4.78, 5) is 17.7. The zero-order valence-electron chi connectivity index (χ0n) is 10.4. The van der Waals surface area contributed by atoms with Crippen LogP contribution in [0.4, 0.5) is 11.4 Å². The van der Waals surface area contributed by atoms with E-state index >= 15 is 0 Å². The van der Waals surface area contributed by atoms with E-state index in [2.05, 4.69) is 4.98 Å². The second kappa shape index (κ2) is 3.87. The van der Waals surface area contributed by atoms with E-state index in [1.54, 1.807) is 24.2 Å². The molecule has 2 aromatic rings. The smallest absolute Gasteiger partial charge is 0.224 e. The number of pyridine rings is 1. The molecule has 0 bridgehead atoms. The van der Waals surface area contributed by atoms with Gasteiger partial charge in [0, 0.05) is 26.4 Å². The fourth-order valence-electron chi connectivity index (χ4n) is 2.33. The molecule has 1 aliphatic rings. The second-order valence-electron chi connectivity index (χ2n) is 4.34. The Balaban J connectivity index is 2.23. The first kappa shape index (κ1) is 10.8. The van der Waals surface area contributed by atoms with Gasteiger partial charge in [0.05, 0.1) is 29.8 Å². The van der Waals surface area contributed by atoms with Crippen molar-refractivity contribution in [1.82, 2.24) is 9.66 Å². The summed E-state index contributed by atoms with van der Waals surface area (Å²) >= 11 is 0. The molecule has 2 aromatic heterocycles. The lowest BCUT2D eigenvalue weighted by atomic mass is 10.3. The molecule has 5 nitrogen and oxygen atoms in total. The van der Waals surface area contributed by atoms with Crippen LogP contribution in [0.5, 0.6) is 0 Å². The van der Waals surface area contributed by atoms with E-state index in [9.17, 15) is 4.79 Å². The van der Waals surface area contributed by atoms with Crippen LogP contribution in [0.3, 0.4) is 0 Å². The van der Waals surface area contributed by atoms with Crippen LogP contribution in [0.15, 0.2) is 36.8 Å². The summed E-state index contributed by atoms with van der Waals surface area (Å²) in [5.74, 6) is 0.0206. The van der Waals surface area contributed by atoms with Crippen LogP contribution in [0.25, 0.3) is 0 Å². The van der Waals surface area contributed by atoms with Crippen LogP contribution < -0.4 is 9.91 Å². The van der Waals surface area contributed by atoms with Crippen molar-refractivity contribution in [3.8, 4) is 0 Å². The quantitative estimate of drug-likeness (QED) is 0.705. The number of hydrogen-bond acceptors (Lipinski definition) is 3. The van der Waals surface area contributed by atoms with Crippen LogP contribution in [0, 0.1) is 0 Å². The van der Waals surface area contributed by atoms with Crippen molar-refractivity contribution < 1.29 is 4.79 Å². The third-order valence-electron chi connectivity index (χ3n) is 3.25. The summed E-state index contributed by atoms with van der Waals surface area (Å²) in [6.45, 7) is 2.14. The summed E-state index contributed by atoms with van der Waals surface area (Å²) in [6.07, 6.45) is 5.46. The number of fused-ring (bicyclic) bond motifs is 2. The lowest BCUT2D eigenvalue weighted by Crippen LogP contribution is -2.27. The van der Waals surface area contributed by atoms with Crippen LogP contribution in [0.2, 0.25) is 0 Å². The highest BCUT2D eigenvalue weighted by molar-refractivity contribution is 5.95. The highest BCUT2D eigenvalue weighted by Gasteiger charge is 2.24. The predicted molar refractivity (Wildman–Crippen MR) is 69.3 cm³/mol. The van der Waals surface area contributed by atoms with Gasteiger partial charge in [0.2, 0.25) is 5.91 Å². The first-order valence-corrected chi connectivity index (χ1v) is 5.81. The molecule has 0 saturated heterocycles. The summed E-state index contributed by atoms with van der Waals surface area (Å²) < 4.78 is 2.04. The molecule has 1 aliphatic heterocycles. The molecule has 0 aromatic carbocycles. The maximum Gasteiger partial charge on any atom is 0.224 e. The maximum absolute atomic E-state index is 11.8. The van der Waals surface area contributed by atoms with Gasteiger partial charge in [-0.25, -0.2) is 0 Å². The zero-order chi connectivity index (χ0) is 12.7. The summed E-state index contributed by atoms with van der Waals surface area (Å²) in [7, 11) is 1.98. The summed E-state index contributed by atoms with van der Waals surface area (Å²) in [5, 5.41) is 2.02. The van der Waals surface area contributed by atoms with Gasteiger partial charge in [-0.15, -0.1) is 0 Å². The monoisotopic (exact) mass is 242 g/mol. The topological polar surface area (TPSA) is 41.4 Å². The van der Waals surface area contributed by atoms with Gasteiger partial charge in [0.1, 0.15) is 0 Å². The zero-order valence-corrected chi connectivity index (χ0v) is 10.4. The van der Waals surface area contributed by atoms with Gasteiger partial charge >= 0.3 is 0 Å². The van der Waals surface area contributed by atoms with Gasteiger partial charge in [-0.05, 0) is 18.2 Å². The number of carbonyl (C=O) groups excluding carboxylic acids is 1. The molecule has 18 heavy (non-hydrogen) atoms. The van der Waals surface area contributed by atoms with E-state index in [-0.39, 0.29) is 5.91 Å². The maximum atomic E-state index is 11.8. The van der Waals surface area contributed by atoms with Gasteiger partial charge in [-0.1, -0.05) is 0 Å². The van der Waals surface area contributed by atoms with Gasteiger partial charge < -0.3 is 4.90 Å². The first-order valence-electron chi connectivity index (χ1n) is 5.81. The molecule has 3 heterocycles. The molecular weight excluding hydrogens is 228 g/mol. The Kier molecular flexibility index (Phi) is 2.33. The fourth-order valence-corrected chi connectivity index (χ4v) is 2.33. The SMILES string of the molecule is CC(=O)N1Cc2cccn2N(C)c2ccncc21. The van der Waals surface area contributed by atoms with E-state index in [0.717, 1.165) is 17.1 Å². The standard InChI is InChI=1S/C13H14N4O/c1-10(18)16-9-11-4-3-7-17(11)15(2)12-5-6-14-8-13(12)16/h3-8H,9H2,1-2H3. The minimum absolute atomic E-state index is 0.0206. The number of aromatic nitrogens is 2. The molecule has 0 atom stereocenters. The van der Waals surface area contributed by atoms with Crippen molar-refractivity contribution >= 4 is 17.3 Å². The molecule has 3 rings (SSSR count). The number of amides is 1. The van der Waals surface area contributed by atoms with E-state index in [0.29, 0.717) is 6.54 Å². The molecule has 0 unspecified atom stereocenters. The number of rotatable bonds is 0. The minimum Gasteiger partial charge on any atom is -0.303 e. The van der Waals surface area contributed by atoms with Crippen molar-refractivity contribution in [3.63, 3.8) is 0 Å². The van der Waals surface area contributed by atoms with Crippen molar-refractivity contribution in [2.24, 2.45) is 0 Å². The van der Waals surface area contributed by atoms with Crippen LogP contribution >= 0.6 is 0 Å². The third kappa shape index (κ3) is 1.48. The minimum atomic E-state index is 0.0206. The molecule has 1 amide bonds. The van der Waals surface area contributed by atoms with Gasteiger partial charge in [0.15, 0.2) is 0 Å². The Morgan fingerprint density at radius 3 is 2.94 bits per heavy atom. The number of nitrogens with zero attached hydrogens (tertiary/aromatic N) is 4. The highest BCUT2D eigenvalue weighted by Crippen LogP contribution is 2.32. The Morgan fingerprint density at radius 2 is 2.17 bits per heavy atom. The molecule has 5 heteroatoms. The lowest BCUT2D eigenvalue weighted by molar-refractivity contribution is -0.116. The summed E-state index contributed by atoms with van der Waals surface area (Å²) in [5.41, 5.74) is 2.88.